The maximum Gasteiger partial charge on any atom is 0.314 e. The van der Waals surface area contributed by atoms with Gasteiger partial charge in [0, 0.05) is 0 Å². The zero-order chi connectivity index (χ0) is 14.4. The molecular weight excluding hydrogens is 282 g/mol. The van der Waals surface area contributed by atoms with Crippen molar-refractivity contribution >= 4 is 21.7 Å². The van der Waals surface area contributed by atoms with E-state index in [1.807, 2.05) is 0 Å². The highest BCUT2D eigenvalue weighted by Crippen LogP contribution is 2.44. The van der Waals surface area contributed by atoms with Gasteiger partial charge in [-0.25, -0.2) is 8.42 Å². The van der Waals surface area contributed by atoms with Crippen molar-refractivity contribution in [1.82, 2.24) is 0 Å². The van der Waals surface area contributed by atoms with E-state index in [0.717, 1.165) is 12.8 Å². The monoisotopic (exact) mass is 297 g/mol. The normalized spacial score (nSPS) is 22.4. The van der Waals surface area contributed by atoms with Gasteiger partial charge in [0.05, 0.1) is 11.1 Å². The fourth-order valence-electron chi connectivity index (χ4n) is 2.98. The Balaban J connectivity index is 2.06. The second kappa shape index (κ2) is 4.37. The van der Waals surface area contributed by atoms with Gasteiger partial charge in [0.15, 0.2) is 0 Å². The lowest BCUT2D eigenvalue weighted by atomic mass is 9.79. The Morgan fingerprint density at radius 2 is 2.00 bits per heavy atom. The molecule has 2 N–H and O–H groups in total. The van der Waals surface area contributed by atoms with Gasteiger partial charge in [-0.1, -0.05) is 18.9 Å². The number of ether oxygens (including phenoxy) is 1. The van der Waals surface area contributed by atoms with Crippen LogP contribution in [-0.2, 0) is 20.2 Å². The Labute approximate surface area is 116 Å². The van der Waals surface area contributed by atoms with Gasteiger partial charge in [0.25, 0.3) is 10.0 Å². The van der Waals surface area contributed by atoms with Crippen LogP contribution < -0.4 is 9.46 Å². The number of hydrogen-bond acceptors (Lipinski definition) is 4. The molecular formula is C13H15NO5S. The summed E-state index contributed by atoms with van der Waals surface area (Å²) in [4.78, 5) is 11.6. The molecule has 2 aliphatic rings. The van der Waals surface area contributed by atoms with Gasteiger partial charge in [-0.15, -0.1) is 0 Å². The molecule has 1 aliphatic heterocycles. The van der Waals surface area contributed by atoms with Gasteiger partial charge in [-0.3, -0.25) is 9.52 Å². The van der Waals surface area contributed by atoms with E-state index in [9.17, 15) is 18.3 Å². The van der Waals surface area contributed by atoms with Crippen LogP contribution in [0.5, 0.6) is 5.75 Å². The van der Waals surface area contributed by atoms with E-state index in [1.54, 1.807) is 18.2 Å². The molecule has 0 spiro atoms. The van der Waals surface area contributed by atoms with Crippen molar-refractivity contribution in [3.8, 4) is 5.75 Å². The quantitative estimate of drug-likeness (QED) is 0.866. The first kappa shape index (κ1) is 13.2. The van der Waals surface area contributed by atoms with E-state index in [0.29, 0.717) is 29.8 Å². The van der Waals surface area contributed by atoms with E-state index in [2.05, 4.69) is 4.72 Å². The van der Waals surface area contributed by atoms with Crippen LogP contribution in [-0.4, -0.2) is 25.4 Å². The second-order valence-corrected chi connectivity index (χ2v) is 6.95. The molecule has 1 fully saturated rings. The summed E-state index contributed by atoms with van der Waals surface area (Å²) >= 11 is 0. The van der Waals surface area contributed by atoms with E-state index in [4.69, 9.17) is 4.74 Å². The Kier molecular flexibility index (Phi) is 2.89. The van der Waals surface area contributed by atoms with Crippen molar-refractivity contribution < 1.29 is 23.1 Å². The number of sulfonamides is 1. The highest BCUT2D eigenvalue weighted by Gasteiger charge is 2.43. The molecule has 0 aromatic heterocycles. The van der Waals surface area contributed by atoms with Crippen LogP contribution in [0, 0.1) is 0 Å². The number of benzene rings is 1. The van der Waals surface area contributed by atoms with Gasteiger partial charge >= 0.3 is 5.97 Å². The number of aliphatic carboxylic acids is 1. The first-order chi connectivity index (χ1) is 9.43. The molecule has 6 nitrogen and oxygen atoms in total. The molecule has 0 bridgehead atoms. The number of fused-ring (bicyclic) bond motifs is 1. The number of carbonyl (C=O) groups is 1. The average molecular weight is 297 g/mol. The fourth-order valence-corrected chi connectivity index (χ4v) is 3.81. The summed E-state index contributed by atoms with van der Waals surface area (Å²) < 4.78 is 30.6. The van der Waals surface area contributed by atoms with Crippen LogP contribution in [0.4, 0.5) is 5.69 Å². The molecule has 1 heterocycles. The summed E-state index contributed by atoms with van der Waals surface area (Å²) in [7, 11) is -3.50. The second-order valence-electron chi connectivity index (χ2n) is 5.28. The van der Waals surface area contributed by atoms with Crippen molar-refractivity contribution in [2.24, 2.45) is 0 Å². The molecule has 7 heteroatoms. The maximum absolute atomic E-state index is 11.6. The van der Waals surface area contributed by atoms with Crippen LogP contribution in [0.3, 0.4) is 0 Å². The lowest BCUT2D eigenvalue weighted by molar-refractivity contribution is -0.143. The van der Waals surface area contributed by atoms with Crippen LogP contribution in [0.1, 0.15) is 31.2 Å². The molecule has 1 aliphatic carbocycles. The summed E-state index contributed by atoms with van der Waals surface area (Å²) in [6.45, 7) is 0. The smallest absolute Gasteiger partial charge is 0.314 e. The van der Waals surface area contributed by atoms with Gasteiger partial charge in [-0.05, 0) is 30.5 Å². The Morgan fingerprint density at radius 3 is 2.65 bits per heavy atom. The largest absolute Gasteiger partial charge is 0.481 e. The Bertz CT molecular complexity index is 661. The molecule has 0 atom stereocenters. The molecule has 0 amide bonds. The van der Waals surface area contributed by atoms with Gasteiger partial charge < -0.3 is 9.84 Å². The first-order valence-corrected chi connectivity index (χ1v) is 8.09. The molecule has 0 unspecified atom stereocenters. The number of hydrogen-bond donors (Lipinski definition) is 2. The zero-order valence-electron chi connectivity index (χ0n) is 10.8. The lowest BCUT2D eigenvalue weighted by Crippen LogP contribution is -2.33. The molecule has 0 radical (unpaired) electrons. The molecule has 3 rings (SSSR count). The highest BCUT2D eigenvalue weighted by molar-refractivity contribution is 7.92. The average Bonchev–Trinajstić information content (AvgIpc) is 2.87. The molecule has 1 aromatic carbocycles. The Morgan fingerprint density at radius 1 is 1.30 bits per heavy atom. The third-order valence-electron chi connectivity index (χ3n) is 4.03. The predicted molar refractivity (Wildman–Crippen MR) is 72.3 cm³/mol. The number of carboxylic acids is 1. The number of rotatable bonds is 2. The summed E-state index contributed by atoms with van der Waals surface area (Å²) in [6, 6.07) is 4.94. The van der Waals surface area contributed by atoms with Crippen LogP contribution in [0.25, 0.3) is 0 Å². The van der Waals surface area contributed by atoms with Gasteiger partial charge in [0.2, 0.25) is 5.94 Å². The summed E-state index contributed by atoms with van der Waals surface area (Å²) in [5.41, 5.74) is 0.0495. The maximum atomic E-state index is 11.6. The van der Waals surface area contributed by atoms with E-state index < -0.39 is 27.3 Å². The third-order valence-corrected chi connectivity index (χ3v) is 4.99. The topological polar surface area (TPSA) is 92.7 Å². The van der Waals surface area contributed by atoms with Crippen molar-refractivity contribution in [1.29, 1.82) is 0 Å². The summed E-state index contributed by atoms with van der Waals surface area (Å²) in [5, 5.41) is 9.55. The molecule has 0 saturated heterocycles. The summed E-state index contributed by atoms with van der Waals surface area (Å²) in [6.07, 6.45) is 2.89. The first-order valence-electron chi connectivity index (χ1n) is 6.44. The standard InChI is InChI=1S/C13H15NO5S/c15-12(16)13(5-1-2-6-13)9-3-4-11-10(7-9)14-20(17,18)8-19-11/h3-4,7,14H,1-2,5-6,8H2,(H,15,16). The van der Waals surface area contributed by atoms with Gasteiger partial charge in [0.1, 0.15) is 5.75 Å². The van der Waals surface area contributed by atoms with Crippen molar-refractivity contribution in [3.05, 3.63) is 23.8 Å². The van der Waals surface area contributed by atoms with Crippen molar-refractivity contribution in [2.45, 2.75) is 31.1 Å². The minimum absolute atomic E-state index is 0.321. The number of carboxylic acid groups (broad SMARTS) is 1. The molecule has 108 valence electrons. The minimum Gasteiger partial charge on any atom is -0.481 e. The zero-order valence-corrected chi connectivity index (χ0v) is 11.6. The predicted octanol–water partition coefficient (Wildman–Crippen LogP) is 1.67. The van der Waals surface area contributed by atoms with E-state index in [1.165, 1.54) is 0 Å². The van der Waals surface area contributed by atoms with Crippen molar-refractivity contribution in [2.75, 3.05) is 10.7 Å². The third kappa shape index (κ3) is 2.02. The van der Waals surface area contributed by atoms with Crippen LogP contribution >= 0.6 is 0 Å². The van der Waals surface area contributed by atoms with Gasteiger partial charge in [-0.2, -0.15) is 0 Å². The molecule has 20 heavy (non-hydrogen) atoms. The van der Waals surface area contributed by atoms with Crippen LogP contribution in [0.15, 0.2) is 18.2 Å². The van der Waals surface area contributed by atoms with Crippen molar-refractivity contribution in [3.63, 3.8) is 0 Å². The molecule has 1 saturated carbocycles. The SMILES string of the molecule is O=C(O)C1(c2ccc3c(c2)NS(=O)(=O)CO3)CCCC1. The highest BCUT2D eigenvalue weighted by atomic mass is 32.2. The number of anilines is 1. The lowest BCUT2D eigenvalue weighted by Gasteiger charge is -2.27. The summed E-state index contributed by atoms with van der Waals surface area (Å²) in [5.74, 6) is -0.833. The van der Waals surface area contributed by atoms with E-state index in [-0.39, 0.29) is 0 Å². The van der Waals surface area contributed by atoms with Crippen LogP contribution in [0.2, 0.25) is 0 Å². The number of nitrogens with one attached hydrogen (secondary N) is 1. The Hall–Kier alpha value is -1.76. The fraction of sp³-hybridized carbons (Fsp3) is 0.462. The molecule has 1 aromatic rings. The van der Waals surface area contributed by atoms with E-state index >= 15 is 0 Å². The minimum atomic E-state index is -3.50.